The summed E-state index contributed by atoms with van der Waals surface area (Å²) in [4.78, 5) is 49.0. The summed E-state index contributed by atoms with van der Waals surface area (Å²) in [7, 11) is 0. The Bertz CT molecular complexity index is 736. The molecule has 0 radical (unpaired) electrons. The maximum absolute atomic E-state index is 13.0. The van der Waals surface area contributed by atoms with Gasteiger partial charge in [0, 0.05) is 0 Å². The molecular formula is C24H37N3O5. The van der Waals surface area contributed by atoms with Crippen LogP contribution in [-0.4, -0.2) is 42.3 Å². The molecule has 0 aromatic heterocycles. The number of carbonyl (C=O) groups is 4. The summed E-state index contributed by atoms with van der Waals surface area (Å²) in [6, 6.07) is 6.97. The number of nitrogens with one attached hydrogen (secondary N) is 3. The van der Waals surface area contributed by atoms with E-state index in [1.165, 1.54) is 0 Å². The van der Waals surface area contributed by atoms with Crippen LogP contribution >= 0.6 is 0 Å². The lowest BCUT2D eigenvalue weighted by Gasteiger charge is -2.25. The first-order valence-electron chi connectivity index (χ1n) is 11.2. The van der Waals surface area contributed by atoms with Crippen molar-refractivity contribution in [2.75, 3.05) is 0 Å². The molecule has 0 bridgehead atoms. The molecule has 3 amide bonds. The lowest BCUT2D eigenvalue weighted by molar-refractivity contribution is -0.131. The van der Waals surface area contributed by atoms with Gasteiger partial charge in [0.2, 0.25) is 11.8 Å². The van der Waals surface area contributed by atoms with Crippen LogP contribution in [0.4, 0.5) is 4.79 Å². The number of hydrogen-bond acceptors (Lipinski definition) is 5. The number of aldehydes is 1. The van der Waals surface area contributed by atoms with Gasteiger partial charge in [0.05, 0.1) is 6.04 Å². The van der Waals surface area contributed by atoms with E-state index in [4.69, 9.17) is 4.74 Å². The fourth-order valence-electron chi connectivity index (χ4n) is 3.10. The van der Waals surface area contributed by atoms with Crippen LogP contribution < -0.4 is 16.0 Å². The summed E-state index contributed by atoms with van der Waals surface area (Å²) in [6.07, 6.45) is 1.22. The zero-order valence-electron chi connectivity index (χ0n) is 19.7. The molecule has 0 aliphatic carbocycles. The molecule has 0 heterocycles. The van der Waals surface area contributed by atoms with Gasteiger partial charge in [-0.2, -0.15) is 0 Å². The van der Waals surface area contributed by atoms with Gasteiger partial charge in [0.15, 0.2) is 0 Å². The monoisotopic (exact) mass is 447 g/mol. The molecule has 178 valence electrons. The smallest absolute Gasteiger partial charge is 0.408 e. The maximum atomic E-state index is 13.0. The summed E-state index contributed by atoms with van der Waals surface area (Å²) in [6.45, 7) is 9.63. The molecule has 1 rings (SSSR count). The van der Waals surface area contributed by atoms with Gasteiger partial charge >= 0.3 is 6.09 Å². The number of carbonyl (C=O) groups excluding carboxylic acids is 4. The van der Waals surface area contributed by atoms with Crippen molar-refractivity contribution in [3.05, 3.63) is 35.9 Å². The third-order valence-corrected chi connectivity index (χ3v) is 4.80. The molecule has 32 heavy (non-hydrogen) atoms. The van der Waals surface area contributed by atoms with Crippen LogP contribution in [0.2, 0.25) is 0 Å². The van der Waals surface area contributed by atoms with Crippen molar-refractivity contribution in [3.8, 4) is 0 Å². The third kappa shape index (κ3) is 10.4. The van der Waals surface area contributed by atoms with Gasteiger partial charge in [-0.25, -0.2) is 4.79 Å². The SMILES string of the molecule is CC[C@@H](C=O)NC(=O)C(CC(C)C)NC(=O)[C@H](CC(C)C)NC(=O)OCc1ccccc1. The van der Waals surface area contributed by atoms with Crippen molar-refractivity contribution < 1.29 is 23.9 Å². The minimum Gasteiger partial charge on any atom is -0.445 e. The van der Waals surface area contributed by atoms with Crippen molar-refractivity contribution in [2.24, 2.45) is 11.8 Å². The molecule has 1 aromatic carbocycles. The highest BCUT2D eigenvalue weighted by Crippen LogP contribution is 2.10. The molecule has 0 aliphatic rings. The second-order valence-corrected chi connectivity index (χ2v) is 8.74. The molecule has 0 spiro atoms. The van der Waals surface area contributed by atoms with E-state index in [1.54, 1.807) is 6.92 Å². The Morgan fingerprint density at radius 3 is 1.91 bits per heavy atom. The first kappa shape index (κ1) is 27.1. The topological polar surface area (TPSA) is 114 Å². The molecule has 8 heteroatoms. The molecular weight excluding hydrogens is 410 g/mol. The number of amides is 3. The van der Waals surface area contributed by atoms with Crippen LogP contribution in [0.1, 0.15) is 59.4 Å². The van der Waals surface area contributed by atoms with E-state index in [-0.39, 0.29) is 18.4 Å². The number of hydrogen-bond donors (Lipinski definition) is 3. The predicted octanol–water partition coefficient (Wildman–Crippen LogP) is 2.95. The molecule has 1 aromatic rings. The second kappa shape index (κ2) is 14.2. The van der Waals surface area contributed by atoms with Crippen LogP contribution in [0, 0.1) is 11.8 Å². The molecule has 0 saturated heterocycles. The lowest BCUT2D eigenvalue weighted by atomic mass is 10.00. The lowest BCUT2D eigenvalue weighted by Crippen LogP contribution is -2.55. The number of alkyl carbamates (subject to hydrolysis) is 1. The van der Waals surface area contributed by atoms with E-state index in [9.17, 15) is 19.2 Å². The third-order valence-electron chi connectivity index (χ3n) is 4.80. The van der Waals surface area contributed by atoms with E-state index in [0.29, 0.717) is 25.5 Å². The van der Waals surface area contributed by atoms with Crippen LogP contribution in [-0.2, 0) is 25.7 Å². The maximum Gasteiger partial charge on any atom is 0.408 e. The van der Waals surface area contributed by atoms with Crippen molar-refractivity contribution in [2.45, 2.75) is 78.6 Å². The predicted molar refractivity (Wildman–Crippen MR) is 123 cm³/mol. The number of rotatable bonds is 13. The Hall–Kier alpha value is -2.90. The molecule has 3 N–H and O–H groups in total. The highest BCUT2D eigenvalue weighted by Gasteiger charge is 2.29. The van der Waals surface area contributed by atoms with Crippen molar-refractivity contribution in [1.82, 2.24) is 16.0 Å². The molecule has 1 unspecified atom stereocenters. The molecule has 0 aliphatic heterocycles. The zero-order valence-corrected chi connectivity index (χ0v) is 19.7. The minimum atomic E-state index is -0.853. The highest BCUT2D eigenvalue weighted by atomic mass is 16.5. The first-order valence-corrected chi connectivity index (χ1v) is 11.2. The van der Waals surface area contributed by atoms with E-state index in [2.05, 4.69) is 16.0 Å². The summed E-state index contributed by atoms with van der Waals surface area (Å²) in [5, 5.41) is 8.02. The van der Waals surface area contributed by atoms with Gasteiger partial charge in [-0.05, 0) is 36.7 Å². The second-order valence-electron chi connectivity index (χ2n) is 8.74. The van der Waals surface area contributed by atoms with Crippen molar-refractivity contribution in [1.29, 1.82) is 0 Å². The Morgan fingerprint density at radius 2 is 1.41 bits per heavy atom. The van der Waals surface area contributed by atoms with Gasteiger partial charge in [0.1, 0.15) is 25.0 Å². The highest BCUT2D eigenvalue weighted by molar-refractivity contribution is 5.92. The van der Waals surface area contributed by atoms with Crippen molar-refractivity contribution in [3.63, 3.8) is 0 Å². The van der Waals surface area contributed by atoms with E-state index in [0.717, 1.165) is 5.56 Å². The van der Waals surface area contributed by atoms with Crippen molar-refractivity contribution >= 4 is 24.2 Å². The van der Waals surface area contributed by atoms with E-state index >= 15 is 0 Å². The fourth-order valence-corrected chi connectivity index (χ4v) is 3.10. The van der Waals surface area contributed by atoms with Gasteiger partial charge in [0.25, 0.3) is 0 Å². The van der Waals surface area contributed by atoms with Gasteiger partial charge in [-0.3, -0.25) is 9.59 Å². The van der Waals surface area contributed by atoms with Gasteiger partial charge in [-0.15, -0.1) is 0 Å². The molecule has 3 atom stereocenters. The van der Waals surface area contributed by atoms with Crippen LogP contribution in [0.25, 0.3) is 0 Å². The summed E-state index contributed by atoms with van der Waals surface area (Å²) < 4.78 is 5.24. The van der Waals surface area contributed by atoms with Crippen LogP contribution in [0.5, 0.6) is 0 Å². The Kier molecular flexibility index (Phi) is 12.1. The molecule has 0 fully saturated rings. The fraction of sp³-hybridized carbons (Fsp3) is 0.583. The Morgan fingerprint density at radius 1 is 0.875 bits per heavy atom. The Labute approximate surface area is 190 Å². The van der Waals surface area contributed by atoms with Gasteiger partial charge < -0.3 is 25.5 Å². The summed E-state index contributed by atoms with van der Waals surface area (Å²) in [5.74, 6) is -0.622. The first-order chi connectivity index (χ1) is 15.2. The average molecular weight is 448 g/mol. The molecule has 0 saturated carbocycles. The van der Waals surface area contributed by atoms with E-state index in [1.807, 2.05) is 58.0 Å². The average Bonchev–Trinajstić information content (AvgIpc) is 2.75. The van der Waals surface area contributed by atoms with Crippen LogP contribution in [0.15, 0.2) is 30.3 Å². The zero-order chi connectivity index (χ0) is 24.1. The quantitative estimate of drug-likeness (QED) is 0.402. The largest absolute Gasteiger partial charge is 0.445 e. The molecule has 8 nitrogen and oxygen atoms in total. The normalized spacial score (nSPS) is 13.7. The Balaban J connectivity index is 2.81. The number of benzene rings is 1. The standard InChI is InChI=1S/C24H37N3O5/c1-6-19(14-28)25-22(29)20(12-16(2)3)26-23(30)21(13-17(4)5)27-24(31)32-15-18-10-8-7-9-11-18/h7-11,14,16-17,19-21H,6,12-13,15H2,1-5H3,(H,25,29)(H,26,30)(H,27,31)/t19-,20?,21-/m0/s1. The minimum absolute atomic E-state index is 0.0885. The van der Waals surface area contributed by atoms with E-state index < -0.39 is 36.0 Å². The van der Waals surface area contributed by atoms with Gasteiger partial charge in [-0.1, -0.05) is 65.0 Å². The summed E-state index contributed by atoms with van der Waals surface area (Å²) in [5.41, 5.74) is 0.835. The number of ether oxygens (including phenoxy) is 1. The van der Waals surface area contributed by atoms with Crippen LogP contribution in [0.3, 0.4) is 0 Å². The summed E-state index contributed by atoms with van der Waals surface area (Å²) >= 11 is 0.